The molecule has 2 aromatic carbocycles. The van der Waals surface area contributed by atoms with Crippen LogP contribution in [0, 0.1) is 15.9 Å². The monoisotopic (exact) mass is 419 g/mol. The highest BCUT2D eigenvalue weighted by Gasteiger charge is 2.23. The van der Waals surface area contributed by atoms with Crippen LogP contribution in [0.4, 0.5) is 14.9 Å². The summed E-state index contributed by atoms with van der Waals surface area (Å²) in [5.41, 5.74) is 0.0910. The van der Waals surface area contributed by atoms with E-state index in [1.54, 1.807) is 30.3 Å². The fraction of sp³-hybridized carbons (Fsp3) is 0.211. The van der Waals surface area contributed by atoms with E-state index in [-0.39, 0.29) is 18.6 Å². The Labute approximate surface area is 169 Å². The molecule has 0 spiro atoms. The number of carboxylic acids is 1. The first-order chi connectivity index (χ1) is 14.3. The van der Waals surface area contributed by atoms with E-state index in [1.807, 2.05) is 0 Å². The molecule has 1 atom stereocenters. The molecule has 0 aliphatic heterocycles. The second-order valence-electron chi connectivity index (χ2n) is 6.12. The molecule has 10 nitrogen and oxygen atoms in total. The number of alkyl carbamates (subject to hydrolysis) is 1. The summed E-state index contributed by atoms with van der Waals surface area (Å²) >= 11 is 0. The maximum atomic E-state index is 13.4. The van der Waals surface area contributed by atoms with Crippen LogP contribution in [0.1, 0.15) is 11.1 Å². The van der Waals surface area contributed by atoms with Gasteiger partial charge in [-0.25, -0.2) is 9.59 Å². The van der Waals surface area contributed by atoms with Gasteiger partial charge in [0.25, 0.3) is 0 Å². The molecule has 0 aromatic heterocycles. The van der Waals surface area contributed by atoms with E-state index in [1.165, 1.54) is 6.07 Å². The molecule has 2 rings (SSSR count). The lowest BCUT2D eigenvalue weighted by Crippen LogP contribution is -2.46. The molecule has 0 saturated carbocycles. The highest BCUT2D eigenvalue weighted by molar-refractivity contribution is 5.86. The van der Waals surface area contributed by atoms with Crippen LogP contribution in [-0.2, 0) is 27.4 Å². The smallest absolute Gasteiger partial charge is 0.407 e. The Morgan fingerprint density at radius 3 is 2.47 bits per heavy atom. The zero-order chi connectivity index (χ0) is 22.1. The molecule has 30 heavy (non-hydrogen) atoms. The Bertz CT molecular complexity index is 937. The van der Waals surface area contributed by atoms with Crippen molar-refractivity contribution in [2.45, 2.75) is 19.1 Å². The first kappa shape index (κ1) is 22.3. The predicted molar refractivity (Wildman–Crippen MR) is 101 cm³/mol. The topological polar surface area (TPSA) is 148 Å². The fourth-order valence-electron chi connectivity index (χ4n) is 2.43. The molecule has 2 amide bonds. The number of ether oxygens (including phenoxy) is 1. The number of amides is 2. The van der Waals surface area contributed by atoms with Crippen LogP contribution in [0.2, 0.25) is 0 Å². The first-order valence-electron chi connectivity index (χ1n) is 8.66. The Hall–Kier alpha value is -4.02. The zero-order valence-corrected chi connectivity index (χ0v) is 15.5. The molecular weight excluding hydrogens is 401 g/mol. The molecule has 0 aliphatic carbocycles. The molecule has 3 N–H and O–H groups in total. The number of hydrogen-bond acceptors (Lipinski definition) is 6. The maximum Gasteiger partial charge on any atom is 0.407 e. The van der Waals surface area contributed by atoms with E-state index in [9.17, 15) is 34.0 Å². The second-order valence-corrected chi connectivity index (χ2v) is 6.12. The number of nitrogens with one attached hydrogen (secondary N) is 2. The molecule has 158 valence electrons. The third-order valence-corrected chi connectivity index (χ3v) is 3.89. The van der Waals surface area contributed by atoms with Crippen molar-refractivity contribution >= 4 is 23.7 Å². The first-order valence-corrected chi connectivity index (χ1v) is 8.66. The largest absolute Gasteiger partial charge is 0.480 e. The Morgan fingerprint density at radius 1 is 1.13 bits per heavy atom. The quantitative estimate of drug-likeness (QED) is 0.414. The van der Waals surface area contributed by atoms with Crippen LogP contribution in [0.3, 0.4) is 0 Å². The van der Waals surface area contributed by atoms with Crippen LogP contribution < -0.4 is 10.6 Å². The van der Waals surface area contributed by atoms with Crippen molar-refractivity contribution in [1.82, 2.24) is 10.6 Å². The summed E-state index contributed by atoms with van der Waals surface area (Å²) in [6, 6.07) is 10.3. The molecule has 0 saturated heterocycles. The van der Waals surface area contributed by atoms with Gasteiger partial charge >= 0.3 is 17.7 Å². The minimum Gasteiger partial charge on any atom is -0.480 e. The summed E-state index contributed by atoms with van der Waals surface area (Å²) in [5.74, 6) is -3.27. The van der Waals surface area contributed by atoms with Crippen molar-refractivity contribution < 1.29 is 33.5 Å². The molecule has 0 bridgehead atoms. The van der Waals surface area contributed by atoms with E-state index in [2.05, 4.69) is 10.6 Å². The molecule has 0 unspecified atom stereocenters. The van der Waals surface area contributed by atoms with Gasteiger partial charge in [-0.3, -0.25) is 14.9 Å². The number of carbonyl (C=O) groups is 3. The molecule has 0 radical (unpaired) electrons. The van der Waals surface area contributed by atoms with Gasteiger partial charge in [0.05, 0.1) is 4.92 Å². The maximum absolute atomic E-state index is 13.4. The van der Waals surface area contributed by atoms with E-state index >= 15 is 0 Å². The number of nitrogens with zero attached hydrogens (tertiary/aromatic N) is 1. The molecule has 0 aliphatic rings. The predicted octanol–water partition coefficient (Wildman–Crippen LogP) is 1.77. The highest BCUT2D eigenvalue weighted by Crippen LogP contribution is 2.19. The van der Waals surface area contributed by atoms with Gasteiger partial charge in [-0.2, -0.15) is 4.39 Å². The SMILES string of the molecule is O=C(CNC(=O)OCc1ccccc1)N[C@H](Cc1ccc(F)c([N+](=O)[O-])c1)C(=O)O. The lowest BCUT2D eigenvalue weighted by molar-refractivity contribution is -0.387. The van der Waals surface area contributed by atoms with Crippen LogP contribution in [0.15, 0.2) is 48.5 Å². The number of carbonyl (C=O) groups excluding carboxylic acids is 2. The number of rotatable bonds is 9. The minimum absolute atomic E-state index is 0.00457. The van der Waals surface area contributed by atoms with Gasteiger partial charge in [-0.05, 0) is 17.2 Å². The zero-order valence-electron chi connectivity index (χ0n) is 15.5. The normalized spacial score (nSPS) is 11.2. The van der Waals surface area contributed by atoms with Crippen molar-refractivity contribution in [2.75, 3.05) is 6.54 Å². The van der Waals surface area contributed by atoms with Crippen molar-refractivity contribution in [2.24, 2.45) is 0 Å². The van der Waals surface area contributed by atoms with Crippen LogP contribution in [0.5, 0.6) is 0 Å². The second kappa shape index (κ2) is 10.5. The lowest BCUT2D eigenvalue weighted by Gasteiger charge is -2.15. The lowest BCUT2D eigenvalue weighted by atomic mass is 10.0. The number of halogens is 1. The number of carboxylic acid groups (broad SMARTS) is 1. The van der Waals surface area contributed by atoms with Gasteiger partial charge < -0.3 is 20.5 Å². The molecule has 0 heterocycles. The minimum atomic E-state index is -1.44. The van der Waals surface area contributed by atoms with Crippen molar-refractivity contribution in [3.8, 4) is 0 Å². The molecule has 2 aromatic rings. The summed E-state index contributed by atoms with van der Waals surface area (Å²) in [6.45, 7) is -0.545. The highest BCUT2D eigenvalue weighted by atomic mass is 19.1. The number of benzene rings is 2. The summed E-state index contributed by atoms with van der Waals surface area (Å²) in [5, 5.41) is 24.4. The summed E-state index contributed by atoms with van der Waals surface area (Å²) in [7, 11) is 0. The van der Waals surface area contributed by atoms with E-state index in [0.717, 1.165) is 17.7 Å². The van der Waals surface area contributed by atoms with Gasteiger partial charge in [0.15, 0.2) is 0 Å². The van der Waals surface area contributed by atoms with E-state index in [4.69, 9.17) is 4.74 Å². The Balaban J connectivity index is 1.86. The van der Waals surface area contributed by atoms with Crippen molar-refractivity contribution in [3.05, 3.63) is 75.6 Å². The Kier molecular flexibility index (Phi) is 7.80. The van der Waals surface area contributed by atoms with Gasteiger partial charge in [0.2, 0.25) is 11.7 Å². The van der Waals surface area contributed by atoms with Crippen LogP contribution in [0.25, 0.3) is 0 Å². The molecule has 11 heteroatoms. The summed E-state index contributed by atoms with van der Waals surface area (Å²) in [4.78, 5) is 44.8. The van der Waals surface area contributed by atoms with Gasteiger partial charge in [-0.15, -0.1) is 0 Å². The average Bonchev–Trinajstić information content (AvgIpc) is 2.72. The van der Waals surface area contributed by atoms with E-state index in [0.29, 0.717) is 0 Å². The summed E-state index contributed by atoms with van der Waals surface area (Å²) < 4.78 is 18.3. The van der Waals surface area contributed by atoms with E-state index < -0.39 is 47.0 Å². The number of nitro benzene ring substituents is 1. The van der Waals surface area contributed by atoms with Gasteiger partial charge in [0, 0.05) is 12.5 Å². The number of hydrogen-bond donors (Lipinski definition) is 3. The molecule has 0 fully saturated rings. The third kappa shape index (κ3) is 6.86. The number of aliphatic carboxylic acids is 1. The van der Waals surface area contributed by atoms with Crippen LogP contribution >= 0.6 is 0 Å². The number of nitro groups is 1. The summed E-state index contributed by atoms with van der Waals surface area (Å²) in [6.07, 6.45) is -1.18. The molecular formula is C19H18FN3O7. The standard InChI is InChI=1S/C19H18FN3O7/c20-14-7-6-13(9-16(14)23(28)29)8-15(18(25)26)22-17(24)10-21-19(27)30-11-12-4-2-1-3-5-12/h1-7,9,15H,8,10-11H2,(H,21,27)(H,22,24)(H,25,26)/t15-/m1/s1. The van der Waals surface area contributed by atoms with Crippen LogP contribution in [-0.4, -0.2) is 40.6 Å². The van der Waals surface area contributed by atoms with Gasteiger partial charge in [0.1, 0.15) is 19.2 Å². The van der Waals surface area contributed by atoms with Crippen molar-refractivity contribution in [1.29, 1.82) is 0 Å². The van der Waals surface area contributed by atoms with Gasteiger partial charge in [-0.1, -0.05) is 36.4 Å². The third-order valence-electron chi connectivity index (χ3n) is 3.89. The Morgan fingerprint density at radius 2 is 1.83 bits per heavy atom. The average molecular weight is 419 g/mol. The fourth-order valence-corrected chi connectivity index (χ4v) is 2.43. The van der Waals surface area contributed by atoms with Crippen molar-refractivity contribution in [3.63, 3.8) is 0 Å².